The van der Waals surface area contributed by atoms with Gasteiger partial charge < -0.3 is 14.0 Å². The molecule has 0 fully saturated rings. The Bertz CT molecular complexity index is 699. The third-order valence-electron chi connectivity index (χ3n) is 3.69. The van der Waals surface area contributed by atoms with Gasteiger partial charge in [-0.1, -0.05) is 0 Å². The summed E-state index contributed by atoms with van der Waals surface area (Å²) < 4.78 is 25.4. The second kappa shape index (κ2) is 6.37. The molecular weight excluding hydrogens is 317 g/mol. The van der Waals surface area contributed by atoms with Crippen LogP contribution >= 0.6 is 0 Å². The number of hydrogen-bond donors (Lipinski definition) is 0. The van der Waals surface area contributed by atoms with Gasteiger partial charge in [0.15, 0.2) is 0 Å². The lowest BCUT2D eigenvalue weighted by Crippen LogP contribution is -2.26. The number of hydrogen-bond acceptors (Lipinski definition) is 5. The summed E-state index contributed by atoms with van der Waals surface area (Å²) in [6, 6.07) is 0. The van der Waals surface area contributed by atoms with Crippen LogP contribution in [0.2, 0.25) is 0 Å². The molecule has 1 atom stereocenters. The Labute approximate surface area is 139 Å². The highest BCUT2D eigenvalue weighted by molar-refractivity contribution is 6.41. The molecule has 0 amide bonds. The summed E-state index contributed by atoms with van der Waals surface area (Å²) in [7, 11) is 0. The van der Waals surface area contributed by atoms with Crippen LogP contribution < -0.4 is 0 Å². The van der Waals surface area contributed by atoms with Crippen molar-refractivity contribution in [2.75, 3.05) is 6.61 Å². The Morgan fingerprint density at radius 2 is 1.92 bits per heavy atom. The second-order valence-corrected chi connectivity index (χ2v) is 6.76. The Hall–Kier alpha value is -2.18. The lowest BCUT2D eigenvalue weighted by Gasteiger charge is -2.20. The number of aromatic nitrogens is 1. The number of halogens is 1. The van der Waals surface area contributed by atoms with Gasteiger partial charge >= 0.3 is 11.9 Å². The fraction of sp³-hybridized carbons (Fsp3) is 0.588. The Morgan fingerprint density at radius 1 is 1.29 bits per heavy atom. The maximum absolute atomic E-state index is 13.9. The predicted octanol–water partition coefficient (Wildman–Crippen LogP) is 2.39. The van der Waals surface area contributed by atoms with E-state index in [9.17, 15) is 18.8 Å². The largest absolute Gasteiger partial charge is 0.460 e. The van der Waals surface area contributed by atoms with Gasteiger partial charge in [0.1, 0.15) is 17.5 Å². The Kier molecular flexibility index (Phi) is 4.82. The van der Waals surface area contributed by atoms with Gasteiger partial charge in [0.25, 0.3) is 5.78 Å². The molecule has 6 nitrogen and oxygen atoms in total. The summed E-state index contributed by atoms with van der Waals surface area (Å²) in [6.07, 6.45) is -1.24. The van der Waals surface area contributed by atoms with Gasteiger partial charge in [0, 0.05) is 12.1 Å². The van der Waals surface area contributed by atoms with Crippen LogP contribution in [0.4, 0.5) is 4.39 Å². The van der Waals surface area contributed by atoms with Gasteiger partial charge in [-0.3, -0.25) is 4.79 Å². The number of Topliss-reactive ketones (excluding diaryl/α,β-unsaturated/α-hetero) is 1. The molecule has 1 aromatic heterocycles. The Balaban J connectivity index is 2.51. The molecular formula is C17H22FNO5. The second-order valence-electron chi connectivity index (χ2n) is 6.76. The number of carbonyl (C=O) groups excluding carboxylic acids is 3. The van der Waals surface area contributed by atoms with Crippen LogP contribution in [0.25, 0.3) is 0 Å². The normalized spacial score (nSPS) is 16.7. The number of ether oxygens (including phenoxy) is 2. The van der Waals surface area contributed by atoms with Crippen LogP contribution in [-0.2, 0) is 27.2 Å². The molecule has 1 aromatic rings. The molecule has 0 spiro atoms. The molecule has 0 aliphatic carbocycles. The van der Waals surface area contributed by atoms with Crippen molar-refractivity contribution < 1.29 is 28.2 Å². The minimum absolute atomic E-state index is 0.0237. The first kappa shape index (κ1) is 18.2. The van der Waals surface area contributed by atoms with E-state index in [1.54, 1.807) is 34.6 Å². The van der Waals surface area contributed by atoms with Crippen molar-refractivity contribution in [2.24, 2.45) is 0 Å². The number of esters is 2. The monoisotopic (exact) mass is 339 g/mol. The molecule has 0 bridgehead atoms. The van der Waals surface area contributed by atoms with E-state index in [0.717, 1.165) is 0 Å². The van der Waals surface area contributed by atoms with Crippen LogP contribution in [-0.4, -0.2) is 40.7 Å². The van der Waals surface area contributed by atoms with E-state index in [-0.39, 0.29) is 30.8 Å². The maximum atomic E-state index is 13.9. The Morgan fingerprint density at radius 3 is 2.46 bits per heavy atom. The van der Waals surface area contributed by atoms with Crippen LogP contribution in [0, 0.1) is 6.92 Å². The zero-order valence-electron chi connectivity index (χ0n) is 14.6. The molecule has 0 radical (unpaired) electrons. The van der Waals surface area contributed by atoms with Gasteiger partial charge in [0.05, 0.1) is 18.7 Å². The molecule has 24 heavy (non-hydrogen) atoms. The number of nitrogens with zero attached hydrogens (tertiary/aromatic N) is 1. The number of fused-ring (bicyclic) bond motifs is 1. The highest BCUT2D eigenvalue weighted by atomic mass is 19.1. The molecule has 0 aromatic carbocycles. The number of carbonyl (C=O) groups is 3. The minimum atomic E-state index is -1.21. The lowest BCUT2D eigenvalue weighted by molar-refractivity contribution is -0.137. The summed E-state index contributed by atoms with van der Waals surface area (Å²) in [5.41, 5.74) is 0.109. The summed E-state index contributed by atoms with van der Waals surface area (Å²) in [5.74, 6) is -2.51. The highest BCUT2D eigenvalue weighted by Crippen LogP contribution is 2.32. The fourth-order valence-electron chi connectivity index (χ4n) is 2.88. The highest BCUT2D eigenvalue weighted by Gasteiger charge is 2.38. The molecule has 0 saturated heterocycles. The van der Waals surface area contributed by atoms with Crippen molar-refractivity contribution in [3.8, 4) is 0 Å². The predicted molar refractivity (Wildman–Crippen MR) is 83.9 cm³/mol. The summed E-state index contributed by atoms with van der Waals surface area (Å²) in [5, 5.41) is 0. The van der Waals surface area contributed by atoms with Crippen LogP contribution in [0.5, 0.6) is 0 Å². The standard InChI is InChI=1S/C17H22FNO5/c1-6-23-16(22)14(20)12-9(2)13(15(21)24-17(3,4)5)19-8-10(18)7-11(12)19/h10H,6-8H2,1-5H3/t10-/m1/s1. The summed E-state index contributed by atoms with van der Waals surface area (Å²) in [6.45, 7) is 8.32. The molecule has 2 rings (SSSR count). The number of rotatable bonds is 4. The first-order chi connectivity index (χ1) is 11.1. The quantitative estimate of drug-likeness (QED) is 0.478. The van der Waals surface area contributed by atoms with Crippen LogP contribution in [0.15, 0.2) is 0 Å². The van der Waals surface area contributed by atoms with Crippen molar-refractivity contribution >= 4 is 17.7 Å². The van der Waals surface area contributed by atoms with E-state index < -0.39 is 29.5 Å². The molecule has 0 N–H and O–H groups in total. The van der Waals surface area contributed by atoms with E-state index in [0.29, 0.717) is 11.3 Å². The minimum Gasteiger partial charge on any atom is -0.460 e. The van der Waals surface area contributed by atoms with Crippen molar-refractivity contribution in [1.29, 1.82) is 0 Å². The molecule has 1 aliphatic heterocycles. The van der Waals surface area contributed by atoms with E-state index in [2.05, 4.69) is 0 Å². The first-order valence-corrected chi connectivity index (χ1v) is 7.87. The van der Waals surface area contributed by atoms with Gasteiger partial charge in [0.2, 0.25) is 0 Å². The topological polar surface area (TPSA) is 74.6 Å². The molecule has 0 saturated carbocycles. The van der Waals surface area contributed by atoms with E-state index in [1.807, 2.05) is 0 Å². The van der Waals surface area contributed by atoms with Gasteiger partial charge in [-0.05, 0) is 40.2 Å². The molecule has 2 heterocycles. The average molecular weight is 339 g/mol. The zero-order chi connectivity index (χ0) is 18.2. The lowest BCUT2D eigenvalue weighted by atomic mass is 10.0. The summed E-state index contributed by atoms with van der Waals surface area (Å²) in [4.78, 5) is 36.7. The number of alkyl halides is 1. The third-order valence-corrected chi connectivity index (χ3v) is 3.69. The third kappa shape index (κ3) is 3.34. The van der Waals surface area contributed by atoms with E-state index in [1.165, 1.54) is 4.57 Å². The van der Waals surface area contributed by atoms with Crippen LogP contribution in [0.3, 0.4) is 0 Å². The van der Waals surface area contributed by atoms with Gasteiger partial charge in [-0.2, -0.15) is 0 Å². The van der Waals surface area contributed by atoms with Crippen molar-refractivity contribution in [2.45, 2.75) is 59.4 Å². The molecule has 1 aliphatic rings. The van der Waals surface area contributed by atoms with Crippen molar-refractivity contribution in [1.82, 2.24) is 4.57 Å². The maximum Gasteiger partial charge on any atom is 0.379 e. The van der Waals surface area contributed by atoms with E-state index in [4.69, 9.17) is 9.47 Å². The van der Waals surface area contributed by atoms with Crippen LogP contribution in [0.1, 0.15) is 59.8 Å². The molecule has 7 heteroatoms. The fourth-order valence-corrected chi connectivity index (χ4v) is 2.88. The number of ketones is 1. The van der Waals surface area contributed by atoms with Crippen molar-refractivity contribution in [3.05, 3.63) is 22.5 Å². The summed E-state index contributed by atoms with van der Waals surface area (Å²) >= 11 is 0. The van der Waals surface area contributed by atoms with Gasteiger partial charge in [-0.15, -0.1) is 0 Å². The molecule has 132 valence electrons. The van der Waals surface area contributed by atoms with E-state index >= 15 is 0 Å². The smallest absolute Gasteiger partial charge is 0.379 e. The van der Waals surface area contributed by atoms with Crippen molar-refractivity contribution in [3.63, 3.8) is 0 Å². The SMILES string of the molecule is CCOC(=O)C(=O)c1c(C)c(C(=O)OC(C)(C)C)n2c1C[C@@H](F)C2. The first-order valence-electron chi connectivity index (χ1n) is 7.87. The average Bonchev–Trinajstić information content (AvgIpc) is 2.89. The molecule has 0 unspecified atom stereocenters. The zero-order valence-corrected chi connectivity index (χ0v) is 14.6. The van der Waals surface area contributed by atoms with Gasteiger partial charge in [-0.25, -0.2) is 14.0 Å².